The minimum absolute atomic E-state index is 0.00736. The number of benzene rings is 1. The maximum absolute atomic E-state index is 14.2. The molecule has 11 heteroatoms. The van der Waals surface area contributed by atoms with Gasteiger partial charge >= 0.3 is 0 Å². The fourth-order valence-corrected chi connectivity index (χ4v) is 4.20. The number of hydrogen-bond acceptors (Lipinski definition) is 7. The number of nitrogens with zero attached hydrogens (tertiary/aromatic N) is 7. The number of likely N-dealkylation sites (tertiary alicyclic amines) is 1. The van der Waals surface area contributed by atoms with Gasteiger partial charge < -0.3 is 10.6 Å². The van der Waals surface area contributed by atoms with Gasteiger partial charge in [-0.1, -0.05) is 0 Å². The van der Waals surface area contributed by atoms with Crippen LogP contribution < -0.4 is 5.73 Å². The highest BCUT2D eigenvalue weighted by Crippen LogP contribution is 2.31. The van der Waals surface area contributed by atoms with Crippen LogP contribution in [0.1, 0.15) is 47.7 Å². The number of nitrogens with two attached hydrogens (primary N) is 1. The number of aryl methyl sites for hydroxylation is 1. The molecule has 1 aliphatic heterocycles. The fourth-order valence-electron chi connectivity index (χ4n) is 4.20. The second kappa shape index (κ2) is 7.43. The number of anilines is 1. The Morgan fingerprint density at radius 2 is 1.94 bits per heavy atom. The Bertz CT molecular complexity index is 1370. The molecule has 1 fully saturated rings. The molecule has 1 saturated heterocycles. The van der Waals surface area contributed by atoms with E-state index in [9.17, 15) is 13.6 Å². The molecule has 1 aliphatic rings. The standard InChI is InChI=1S/C21H20F2N8O/c1-10-3-4-12(9-30(10)20(32)16-11(2)25-5-6-26-16)18-28-19-14-7-13(22)8-15(23)17(14)27-21(24)31(19)29-18/h5-8,10,12H,3-4,9H2,1-2H3,(H2,24,27)/t10-,12+/m0/s1. The van der Waals surface area contributed by atoms with E-state index in [1.165, 1.54) is 10.7 Å². The molecule has 0 bridgehead atoms. The minimum Gasteiger partial charge on any atom is -0.368 e. The van der Waals surface area contributed by atoms with Crippen LogP contribution in [0.5, 0.6) is 0 Å². The van der Waals surface area contributed by atoms with Crippen LogP contribution in [-0.2, 0) is 0 Å². The van der Waals surface area contributed by atoms with Crippen LogP contribution in [0.2, 0.25) is 0 Å². The third kappa shape index (κ3) is 3.20. The van der Waals surface area contributed by atoms with E-state index in [0.717, 1.165) is 25.0 Å². The summed E-state index contributed by atoms with van der Waals surface area (Å²) in [5, 5.41) is 4.64. The highest BCUT2D eigenvalue weighted by Gasteiger charge is 2.34. The van der Waals surface area contributed by atoms with Gasteiger partial charge in [0, 0.05) is 37.0 Å². The molecule has 0 unspecified atom stereocenters. The first-order valence-electron chi connectivity index (χ1n) is 10.2. The normalized spacial score (nSPS) is 19.1. The van der Waals surface area contributed by atoms with E-state index in [1.54, 1.807) is 18.0 Å². The van der Waals surface area contributed by atoms with Crippen molar-refractivity contribution in [2.24, 2.45) is 0 Å². The highest BCUT2D eigenvalue weighted by atomic mass is 19.1. The summed E-state index contributed by atoms with van der Waals surface area (Å²) in [6.45, 7) is 4.11. The van der Waals surface area contributed by atoms with Crippen molar-refractivity contribution in [3.8, 4) is 0 Å². The van der Waals surface area contributed by atoms with Gasteiger partial charge in [0.1, 0.15) is 17.0 Å². The van der Waals surface area contributed by atoms with E-state index in [0.29, 0.717) is 23.8 Å². The number of carbonyl (C=O) groups is 1. The predicted molar refractivity (Wildman–Crippen MR) is 112 cm³/mol. The molecule has 1 aromatic carbocycles. The topological polar surface area (TPSA) is 115 Å². The number of halogens is 2. The van der Waals surface area contributed by atoms with Gasteiger partial charge in [-0.2, -0.15) is 4.52 Å². The molecular formula is C21H20F2N8O. The smallest absolute Gasteiger partial charge is 0.274 e. The number of amides is 1. The average molecular weight is 438 g/mol. The Balaban J connectivity index is 1.54. The molecule has 32 heavy (non-hydrogen) atoms. The van der Waals surface area contributed by atoms with Crippen LogP contribution in [0.3, 0.4) is 0 Å². The Morgan fingerprint density at radius 1 is 1.16 bits per heavy atom. The lowest BCUT2D eigenvalue weighted by Crippen LogP contribution is -2.45. The second-order valence-corrected chi connectivity index (χ2v) is 8.03. The molecule has 0 spiro atoms. The number of fused-ring (bicyclic) bond motifs is 3. The maximum Gasteiger partial charge on any atom is 0.274 e. The van der Waals surface area contributed by atoms with Crippen LogP contribution in [0.25, 0.3) is 16.6 Å². The summed E-state index contributed by atoms with van der Waals surface area (Å²) in [5.74, 6) is -1.55. The third-order valence-electron chi connectivity index (χ3n) is 5.93. The monoisotopic (exact) mass is 438 g/mol. The molecule has 0 saturated carbocycles. The summed E-state index contributed by atoms with van der Waals surface area (Å²) in [4.78, 5) is 31.8. The van der Waals surface area contributed by atoms with Crippen molar-refractivity contribution in [1.29, 1.82) is 0 Å². The van der Waals surface area contributed by atoms with Gasteiger partial charge in [0.15, 0.2) is 17.3 Å². The number of rotatable bonds is 2. The fraction of sp³-hybridized carbons (Fsp3) is 0.333. The average Bonchev–Trinajstić information content (AvgIpc) is 3.21. The Labute approximate surface area is 181 Å². The van der Waals surface area contributed by atoms with Crippen LogP contribution in [-0.4, -0.2) is 52.9 Å². The zero-order chi connectivity index (χ0) is 22.6. The van der Waals surface area contributed by atoms with Gasteiger partial charge in [-0.15, -0.1) is 5.10 Å². The molecule has 0 aliphatic carbocycles. The van der Waals surface area contributed by atoms with Crippen molar-refractivity contribution in [2.45, 2.75) is 38.6 Å². The van der Waals surface area contributed by atoms with Crippen LogP contribution in [0.15, 0.2) is 24.5 Å². The first kappa shape index (κ1) is 20.2. The van der Waals surface area contributed by atoms with E-state index in [4.69, 9.17) is 5.73 Å². The molecule has 164 valence electrons. The number of carbonyl (C=O) groups excluding carboxylic acids is 1. The van der Waals surface area contributed by atoms with Gasteiger partial charge in [0.05, 0.1) is 11.1 Å². The van der Waals surface area contributed by atoms with Crippen LogP contribution in [0.4, 0.5) is 14.7 Å². The SMILES string of the molecule is Cc1nccnc1C(=O)N1C[C@H](c2nc3c4cc(F)cc(F)c4nc(N)n3n2)CC[C@@H]1C. The summed E-state index contributed by atoms with van der Waals surface area (Å²) in [6, 6.07) is 1.92. The number of aromatic nitrogens is 6. The van der Waals surface area contributed by atoms with Crippen molar-refractivity contribution in [3.05, 3.63) is 53.4 Å². The summed E-state index contributed by atoms with van der Waals surface area (Å²) in [5.41, 5.74) is 7.00. The van der Waals surface area contributed by atoms with Crippen molar-refractivity contribution in [1.82, 2.24) is 34.4 Å². The van der Waals surface area contributed by atoms with E-state index in [1.807, 2.05) is 6.92 Å². The summed E-state index contributed by atoms with van der Waals surface area (Å²) in [6.07, 6.45) is 4.52. The molecule has 4 aromatic rings. The van der Waals surface area contributed by atoms with Gasteiger partial charge in [-0.3, -0.25) is 9.78 Å². The lowest BCUT2D eigenvalue weighted by molar-refractivity contribution is 0.0598. The predicted octanol–water partition coefficient (Wildman–Crippen LogP) is 2.64. The first-order chi connectivity index (χ1) is 15.3. The Morgan fingerprint density at radius 3 is 2.72 bits per heavy atom. The molecule has 3 aromatic heterocycles. The van der Waals surface area contributed by atoms with Gasteiger partial charge in [0.25, 0.3) is 5.91 Å². The highest BCUT2D eigenvalue weighted by molar-refractivity contribution is 5.94. The second-order valence-electron chi connectivity index (χ2n) is 8.03. The van der Waals surface area contributed by atoms with E-state index in [2.05, 4.69) is 25.0 Å². The first-order valence-corrected chi connectivity index (χ1v) is 10.2. The third-order valence-corrected chi connectivity index (χ3v) is 5.93. The zero-order valence-electron chi connectivity index (χ0n) is 17.5. The van der Waals surface area contributed by atoms with Crippen molar-refractivity contribution >= 4 is 28.4 Å². The molecule has 1 amide bonds. The number of nitrogen functional groups attached to an aromatic ring is 1. The molecule has 0 radical (unpaired) electrons. The maximum atomic E-state index is 14.2. The Kier molecular flexibility index (Phi) is 4.68. The molecule has 2 atom stereocenters. The van der Waals surface area contributed by atoms with Crippen molar-refractivity contribution < 1.29 is 13.6 Å². The van der Waals surface area contributed by atoms with Crippen LogP contribution in [0, 0.1) is 18.6 Å². The van der Waals surface area contributed by atoms with Crippen LogP contribution >= 0.6 is 0 Å². The minimum atomic E-state index is -0.818. The molecule has 4 heterocycles. The molecule has 9 nitrogen and oxygen atoms in total. The lowest BCUT2D eigenvalue weighted by Gasteiger charge is -2.37. The van der Waals surface area contributed by atoms with Gasteiger partial charge in [0.2, 0.25) is 5.95 Å². The summed E-state index contributed by atoms with van der Waals surface area (Å²) in [7, 11) is 0. The van der Waals surface area contributed by atoms with E-state index < -0.39 is 11.6 Å². The van der Waals surface area contributed by atoms with E-state index in [-0.39, 0.29) is 40.4 Å². The van der Waals surface area contributed by atoms with E-state index >= 15 is 0 Å². The van der Waals surface area contributed by atoms with Gasteiger partial charge in [-0.25, -0.2) is 23.7 Å². The Hall–Kier alpha value is -3.76. The molecule has 2 N–H and O–H groups in total. The summed E-state index contributed by atoms with van der Waals surface area (Å²) >= 11 is 0. The van der Waals surface area contributed by atoms with Gasteiger partial charge in [-0.05, 0) is 32.8 Å². The lowest BCUT2D eigenvalue weighted by atomic mass is 9.92. The quantitative estimate of drug-likeness (QED) is 0.512. The number of hydrogen-bond donors (Lipinski definition) is 1. The van der Waals surface area contributed by atoms with Crippen molar-refractivity contribution in [2.75, 3.05) is 12.3 Å². The zero-order valence-corrected chi connectivity index (χ0v) is 17.5. The number of piperidine rings is 1. The summed E-state index contributed by atoms with van der Waals surface area (Å²) < 4.78 is 29.4. The van der Waals surface area contributed by atoms with Crippen molar-refractivity contribution in [3.63, 3.8) is 0 Å². The molecule has 5 rings (SSSR count). The molecular weight excluding hydrogens is 418 g/mol. The largest absolute Gasteiger partial charge is 0.368 e.